The summed E-state index contributed by atoms with van der Waals surface area (Å²) in [4.78, 5) is 11.6. The van der Waals surface area contributed by atoms with Crippen molar-refractivity contribution < 1.29 is 9.84 Å². The highest BCUT2D eigenvalue weighted by molar-refractivity contribution is 6.34. The number of methoxy groups -OCH3 is 1. The van der Waals surface area contributed by atoms with Gasteiger partial charge in [0.1, 0.15) is 0 Å². The Bertz CT molecular complexity index is 1340. The van der Waals surface area contributed by atoms with Gasteiger partial charge >= 0.3 is 0 Å². The van der Waals surface area contributed by atoms with E-state index >= 15 is 0 Å². The molecule has 1 aromatic carbocycles. The van der Waals surface area contributed by atoms with Crippen molar-refractivity contribution in [3.05, 3.63) is 34.7 Å². The molecule has 2 unspecified atom stereocenters. The fraction of sp³-hybridized carbons (Fsp3) is 0.577. The number of rotatable bonds is 6. The molecule has 10 heteroatoms. The molecular formula is C26H30Cl2N6O2. The molecule has 2 aromatic heterocycles. The first-order chi connectivity index (χ1) is 17.2. The Morgan fingerprint density at radius 3 is 2.56 bits per heavy atom. The standard InChI is InChI=1S/C26H30Cl2N6O2/c1-24(35)16-3-4-17(24)10-33(9-16)21-6-19-15(5-18(21)27)7-29-23(31-19)32-20-8-30-34(22(20)28)26-11-25(12-26,13-26)14-36-2/h5-8,16-17,35H,3-4,9-14H2,1-2H3,(H,29,31,32). The quantitative estimate of drug-likeness (QED) is 0.465. The summed E-state index contributed by atoms with van der Waals surface area (Å²) in [6, 6.07) is 3.96. The van der Waals surface area contributed by atoms with Crippen molar-refractivity contribution in [3.8, 4) is 0 Å². The van der Waals surface area contributed by atoms with E-state index in [2.05, 4.69) is 20.3 Å². The molecule has 1 saturated heterocycles. The van der Waals surface area contributed by atoms with E-state index in [1.165, 1.54) is 0 Å². The van der Waals surface area contributed by atoms with Crippen molar-refractivity contribution in [1.82, 2.24) is 19.7 Å². The summed E-state index contributed by atoms with van der Waals surface area (Å²) >= 11 is 13.4. The smallest absolute Gasteiger partial charge is 0.227 e. The van der Waals surface area contributed by atoms with E-state index in [0.29, 0.717) is 27.2 Å². The number of aromatic nitrogens is 4. The SMILES string of the molecule is COCC12CC(n3ncc(Nc4ncc5cc(Cl)c(N6CC7CCC(C6)C7(C)O)cc5n4)c3Cl)(C1)C2. The molecule has 190 valence electrons. The second-order valence-corrected chi connectivity index (χ2v) is 12.5. The molecule has 0 spiro atoms. The van der Waals surface area contributed by atoms with Crippen LogP contribution in [0.3, 0.4) is 0 Å². The molecule has 4 aliphatic carbocycles. The molecule has 4 saturated carbocycles. The van der Waals surface area contributed by atoms with Crippen LogP contribution < -0.4 is 10.2 Å². The minimum Gasteiger partial charge on any atom is -0.389 e. The fourth-order valence-electron chi connectivity index (χ4n) is 7.51. The molecule has 2 atom stereocenters. The zero-order valence-electron chi connectivity index (χ0n) is 20.5. The van der Waals surface area contributed by atoms with Gasteiger partial charge in [0.05, 0.1) is 45.9 Å². The number of nitrogens with one attached hydrogen (secondary N) is 1. The number of anilines is 3. The van der Waals surface area contributed by atoms with Crippen LogP contribution in [0.5, 0.6) is 0 Å². The third-order valence-electron chi connectivity index (χ3n) is 9.36. The van der Waals surface area contributed by atoms with Gasteiger partial charge in [0.2, 0.25) is 5.95 Å². The lowest BCUT2D eigenvalue weighted by molar-refractivity contribution is -0.217. The van der Waals surface area contributed by atoms with Crippen LogP contribution in [-0.4, -0.2) is 57.3 Å². The summed E-state index contributed by atoms with van der Waals surface area (Å²) < 4.78 is 7.33. The van der Waals surface area contributed by atoms with E-state index in [0.717, 1.165) is 68.4 Å². The third kappa shape index (κ3) is 3.24. The number of ether oxygens (including phenoxy) is 1. The summed E-state index contributed by atoms with van der Waals surface area (Å²) in [5.74, 6) is 0.983. The average Bonchev–Trinajstić information content (AvgIpc) is 3.16. The molecule has 0 radical (unpaired) electrons. The first kappa shape index (κ1) is 23.0. The first-order valence-electron chi connectivity index (χ1n) is 12.7. The van der Waals surface area contributed by atoms with Gasteiger partial charge in [-0.3, -0.25) is 0 Å². The van der Waals surface area contributed by atoms with Gasteiger partial charge in [-0.2, -0.15) is 5.10 Å². The molecule has 2 N–H and O–H groups in total. The van der Waals surface area contributed by atoms with Crippen LogP contribution in [0.1, 0.15) is 39.0 Å². The van der Waals surface area contributed by atoms with Crippen molar-refractivity contribution in [1.29, 1.82) is 0 Å². The number of hydrogen-bond donors (Lipinski definition) is 2. The van der Waals surface area contributed by atoms with Crippen molar-refractivity contribution in [3.63, 3.8) is 0 Å². The van der Waals surface area contributed by atoms with E-state index in [1.807, 2.05) is 23.7 Å². The van der Waals surface area contributed by atoms with Gasteiger partial charge < -0.3 is 20.1 Å². The van der Waals surface area contributed by atoms with Crippen LogP contribution in [0.15, 0.2) is 24.5 Å². The van der Waals surface area contributed by atoms with Gasteiger partial charge in [-0.15, -0.1) is 0 Å². The van der Waals surface area contributed by atoms with Crippen molar-refractivity contribution in [2.45, 2.75) is 50.2 Å². The molecule has 8 rings (SSSR count). The number of fused-ring (bicyclic) bond motifs is 3. The molecule has 4 bridgehead atoms. The van der Waals surface area contributed by atoms with Crippen LogP contribution in [0.2, 0.25) is 10.2 Å². The summed E-state index contributed by atoms with van der Waals surface area (Å²) in [7, 11) is 1.76. The Morgan fingerprint density at radius 2 is 1.86 bits per heavy atom. The molecule has 1 aliphatic heterocycles. The Labute approximate surface area is 219 Å². The number of piperidine rings is 1. The lowest BCUT2D eigenvalue weighted by Gasteiger charge is -2.70. The molecule has 3 aromatic rings. The highest BCUT2D eigenvalue weighted by Crippen LogP contribution is 2.71. The van der Waals surface area contributed by atoms with Gasteiger partial charge in [-0.1, -0.05) is 23.2 Å². The number of benzene rings is 1. The van der Waals surface area contributed by atoms with Crippen molar-refractivity contribution >= 4 is 51.4 Å². The van der Waals surface area contributed by atoms with Gasteiger partial charge in [-0.05, 0) is 51.2 Å². The highest BCUT2D eigenvalue weighted by Gasteiger charge is 2.69. The minimum atomic E-state index is -0.591. The second-order valence-electron chi connectivity index (χ2n) is 11.7. The molecule has 36 heavy (non-hydrogen) atoms. The average molecular weight is 529 g/mol. The summed E-state index contributed by atoms with van der Waals surface area (Å²) in [6.07, 6.45) is 8.80. The van der Waals surface area contributed by atoms with Crippen LogP contribution in [0, 0.1) is 17.3 Å². The van der Waals surface area contributed by atoms with Gasteiger partial charge in [0.15, 0.2) is 5.15 Å². The molecule has 5 fully saturated rings. The molecule has 0 amide bonds. The molecular weight excluding hydrogens is 499 g/mol. The molecule has 3 heterocycles. The zero-order chi connectivity index (χ0) is 24.9. The number of nitrogens with zero attached hydrogens (tertiary/aromatic N) is 5. The Hall–Kier alpha value is -2.13. The summed E-state index contributed by atoms with van der Waals surface area (Å²) in [5, 5.41) is 20.9. The van der Waals surface area contributed by atoms with Crippen molar-refractivity contribution in [2.75, 3.05) is 37.0 Å². The second kappa shape index (κ2) is 7.69. The van der Waals surface area contributed by atoms with Crippen LogP contribution in [0.25, 0.3) is 10.9 Å². The lowest BCUT2D eigenvalue weighted by atomic mass is 9.39. The number of halogens is 2. The lowest BCUT2D eigenvalue weighted by Crippen LogP contribution is -2.69. The maximum atomic E-state index is 10.9. The van der Waals surface area contributed by atoms with E-state index in [4.69, 9.17) is 32.9 Å². The zero-order valence-corrected chi connectivity index (χ0v) is 22.0. The topological polar surface area (TPSA) is 88.3 Å². The van der Waals surface area contributed by atoms with Gasteiger partial charge in [0, 0.05) is 49.0 Å². The molecule has 5 aliphatic rings. The van der Waals surface area contributed by atoms with E-state index < -0.39 is 5.60 Å². The predicted octanol–water partition coefficient (Wildman–Crippen LogP) is 5.00. The highest BCUT2D eigenvalue weighted by atomic mass is 35.5. The fourth-order valence-corrected chi connectivity index (χ4v) is 8.12. The maximum Gasteiger partial charge on any atom is 0.227 e. The van der Waals surface area contributed by atoms with Crippen LogP contribution in [-0.2, 0) is 10.3 Å². The number of hydrogen-bond acceptors (Lipinski definition) is 7. The van der Waals surface area contributed by atoms with Crippen molar-refractivity contribution in [2.24, 2.45) is 17.3 Å². The normalized spacial score (nSPS) is 34.5. The summed E-state index contributed by atoms with van der Waals surface area (Å²) in [6.45, 7) is 4.38. The van der Waals surface area contributed by atoms with Crippen LogP contribution in [0.4, 0.5) is 17.3 Å². The Morgan fingerprint density at radius 1 is 1.14 bits per heavy atom. The van der Waals surface area contributed by atoms with Gasteiger partial charge in [0.25, 0.3) is 0 Å². The summed E-state index contributed by atoms with van der Waals surface area (Å²) in [5.41, 5.74) is 2.20. The van der Waals surface area contributed by atoms with E-state index in [1.54, 1.807) is 19.5 Å². The Kier molecular flexibility index (Phi) is 4.92. The third-order valence-corrected chi connectivity index (χ3v) is 10.0. The first-order valence-corrected chi connectivity index (χ1v) is 13.4. The monoisotopic (exact) mass is 528 g/mol. The van der Waals surface area contributed by atoms with E-state index in [-0.39, 0.29) is 17.4 Å². The Balaban J connectivity index is 1.13. The van der Waals surface area contributed by atoms with Crippen LogP contribution >= 0.6 is 23.2 Å². The molecule has 8 nitrogen and oxygen atoms in total. The van der Waals surface area contributed by atoms with Gasteiger partial charge in [-0.25, -0.2) is 14.6 Å². The number of aliphatic hydroxyl groups is 1. The predicted molar refractivity (Wildman–Crippen MR) is 140 cm³/mol. The maximum absolute atomic E-state index is 10.9. The van der Waals surface area contributed by atoms with E-state index in [9.17, 15) is 5.11 Å². The minimum absolute atomic E-state index is 0.0178. The largest absolute Gasteiger partial charge is 0.389 e.